The predicted molar refractivity (Wildman–Crippen MR) is 118 cm³/mol. The Morgan fingerprint density at radius 2 is 1.97 bits per heavy atom. The van der Waals surface area contributed by atoms with E-state index < -0.39 is 11.6 Å². The van der Waals surface area contributed by atoms with Gasteiger partial charge in [-0.05, 0) is 70.0 Å². The van der Waals surface area contributed by atoms with Crippen LogP contribution < -0.4 is 5.56 Å². The number of aromatic nitrogens is 2. The van der Waals surface area contributed by atoms with Crippen LogP contribution in [0.4, 0.5) is 8.78 Å². The molecule has 1 fully saturated rings. The highest BCUT2D eigenvalue weighted by molar-refractivity contribution is 6.02. The van der Waals surface area contributed by atoms with E-state index in [1.165, 1.54) is 12.1 Å². The quantitative estimate of drug-likeness (QED) is 0.373. The maximum Gasteiger partial charge on any atom is 0.261 e. The topological polar surface area (TPSA) is 70.2 Å². The van der Waals surface area contributed by atoms with E-state index >= 15 is 0 Å². The van der Waals surface area contributed by atoms with Crippen molar-refractivity contribution in [3.05, 3.63) is 80.9 Å². The van der Waals surface area contributed by atoms with Crippen molar-refractivity contribution < 1.29 is 14.0 Å². The highest BCUT2D eigenvalue weighted by Crippen LogP contribution is 2.24. The van der Waals surface area contributed by atoms with Crippen LogP contribution in [-0.2, 0) is 6.42 Å². The summed E-state index contributed by atoms with van der Waals surface area (Å²) in [5.41, 5.74) is 3.46. The van der Waals surface area contributed by atoms with Crippen LogP contribution in [0.25, 0.3) is 5.65 Å². The lowest BCUT2D eigenvalue weighted by molar-refractivity contribution is 0.208. The van der Waals surface area contributed by atoms with E-state index in [-0.39, 0.29) is 22.8 Å². The number of nitrogens with zero attached hydrogens (tertiary/aromatic N) is 4. The minimum absolute atomic E-state index is 0.0347. The van der Waals surface area contributed by atoms with E-state index in [9.17, 15) is 18.8 Å². The van der Waals surface area contributed by atoms with E-state index in [4.69, 9.17) is 0 Å². The van der Waals surface area contributed by atoms with Crippen LogP contribution >= 0.6 is 0 Å². The molecule has 0 bridgehead atoms. The Labute approximate surface area is 184 Å². The summed E-state index contributed by atoms with van der Waals surface area (Å²) in [7, 11) is 0. The number of benzene rings is 1. The van der Waals surface area contributed by atoms with Gasteiger partial charge < -0.3 is 10.1 Å². The highest BCUT2D eigenvalue weighted by atomic mass is 19.1. The molecule has 6 nitrogen and oxygen atoms in total. The number of oxime groups is 1. The molecule has 0 amide bonds. The van der Waals surface area contributed by atoms with Gasteiger partial charge in [0.2, 0.25) is 0 Å². The number of pyridine rings is 1. The van der Waals surface area contributed by atoms with Crippen molar-refractivity contribution in [1.82, 2.24) is 14.3 Å². The second kappa shape index (κ2) is 9.16. The van der Waals surface area contributed by atoms with Gasteiger partial charge in [0.25, 0.3) is 5.56 Å². The first-order chi connectivity index (χ1) is 15.4. The molecule has 3 heterocycles. The lowest BCUT2D eigenvalue weighted by atomic mass is 9.88. The first-order valence-electron chi connectivity index (χ1n) is 10.8. The number of likely N-dealkylation sites (tertiary alicyclic amines) is 1. The second-order valence-corrected chi connectivity index (χ2v) is 8.34. The van der Waals surface area contributed by atoms with Crippen molar-refractivity contribution >= 4 is 11.4 Å². The molecule has 3 aromatic rings. The third-order valence-electron chi connectivity index (χ3n) is 6.32. The predicted octanol–water partition coefficient (Wildman–Crippen LogP) is 3.72. The maximum absolute atomic E-state index is 14.2. The summed E-state index contributed by atoms with van der Waals surface area (Å²) < 4.78 is 29.0. The molecule has 1 N–H and O–H groups in total. The zero-order chi connectivity index (χ0) is 22.8. The number of rotatable bonds is 5. The van der Waals surface area contributed by atoms with Crippen molar-refractivity contribution in [3.63, 3.8) is 0 Å². The summed E-state index contributed by atoms with van der Waals surface area (Å²) in [6.07, 6.45) is 3.70. The zero-order valence-electron chi connectivity index (χ0n) is 18.2. The van der Waals surface area contributed by atoms with Gasteiger partial charge in [-0.25, -0.2) is 13.8 Å². The second-order valence-electron chi connectivity index (χ2n) is 8.34. The largest absolute Gasteiger partial charge is 0.411 e. The average molecular weight is 440 g/mol. The molecule has 1 aromatic carbocycles. The number of hydrogen-bond donors (Lipinski definition) is 1. The molecule has 8 heteroatoms. The molecule has 0 radical (unpaired) electrons. The number of fused-ring (bicyclic) bond motifs is 1. The summed E-state index contributed by atoms with van der Waals surface area (Å²) in [5, 5.41) is 12.8. The molecule has 168 valence electrons. The van der Waals surface area contributed by atoms with Crippen LogP contribution in [0.2, 0.25) is 0 Å². The summed E-state index contributed by atoms with van der Waals surface area (Å²) in [6, 6.07) is 7.07. The summed E-state index contributed by atoms with van der Waals surface area (Å²) in [6.45, 7) is 5.97. The summed E-state index contributed by atoms with van der Waals surface area (Å²) >= 11 is 0. The molecule has 1 aliphatic heterocycles. The third kappa shape index (κ3) is 4.27. The average Bonchev–Trinajstić information content (AvgIpc) is 2.77. The molecule has 1 aliphatic rings. The Kier molecular flexibility index (Phi) is 6.32. The summed E-state index contributed by atoms with van der Waals surface area (Å²) in [4.78, 5) is 19.8. The number of piperidine rings is 1. The highest BCUT2D eigenvalue weighted by Gasteiger charge is 2.27. The van der Waals surface area contributed by atoms with Crippen LogP contribution in [0.15, 0.2) is 46.5 Å². The molecule has 32 heavy (non-hydrogen) atoms. The fourth-order valence-electron chi connectivity index (χ4n) is 4.48. The Morgan fingerprint density at radius 1 is 1.22 bits per heavy atom. The molecule has 0 saturated carbocycles. The molecule has 0 spiro atoms. The monoisotopic (exact) mass is 440 g/mol. The number of hydrogen-bond acceptors (Lipinski definition) is 5. The van der Waals surface area contributed by atoms with Gasteiger partial charge in [0.1, 0.15) is 17.3 Å². The lowest BCUT2D eigenvalue weighted by Crippen LogP contribution is -2.38. The summed E-state index contributed by atoms with van der Waals surface area (Å²) in [5.74, 6) is -1.51. The molecule has 0 atom stereocenters. The lowest BCUT2D eigenvalue weighted by Gasteiger charge is -2.32. The Morgan fingerprint density at radius 3 is 2.66 bits per heavy atom. The number of halogens is 2. The first kappa shape index (κ1) is 22.1. The van der Waals surface area contributed by atoms with Crippen molar-refractivity contribution in [2.75, 3.05) is 19.6 Å². The molecule has 4 rings (SSSR count). The van der Waals surface area contributed by atoms with Gasteiger partial charge in [0, 0.05) is 41.5 Å². The van der Waals surface area contributed by atoms with Crippen LogP contribution in [0.1, 0.15) is 35.2 Å². The van der Waals surface area contributed by atoms with Crippen LogP contribution in [0, 0.1) is 31.4 Å². The zero-order valence-corrected chi connectivity index (χ0v) is 18.2. The van der Waals surface area contributed by atoms with Gasteiger partial charge in [0.05, 0.1) is 5.71 Å². The van der Waals surface area contributed by atoms with E-state index in [2.05, 4.69) is 15.0 Å². The number of aryl methyl sites for hydroxylation is 2. The van der Waals surface area contributed by atoms with Crippen LogP contribution in [0.3, 0.4) is 0 Å². The van der Waals surface area contributed by atoms with Crippen molar-refractivity contribution in [1.29, 1.82) is 0 Å². The third-order valence-corrected chi connectivity index (χ3v) is 6.32. The molecule has 1 saturated heterocycles. The van der Waals surface area contributed by atoms with Crippen LogP contribution in [-0.4, -0.2) is 44.8 Å². The smallest absolute Gasteiger partial charge is 0.261 e. The van der Waals surface area contributed by atoms with Crippen LogP contribution in [0.5, 0.6) is 0 Å². The van der Waals surface area contributed by atoms with E-state index in [1.54, 1.807) is 10.6 Å². The normalized spacial score (nSPS) is 16.1. The Balaban J connectivity index is 1.42. The van der Waals surface area contributed by atoms with Crippen molar-refractivity contribution in [2.45, 2.75) is 33.1 Å². The molecular weight excluding hydrogens is 414 g/mol. The minimum atomic E-state index is -0.727. The van der Waals surface area contributed by atoms with E-state index in [0.717, 1.165) is 30.4 Å². The van der Waals surface area contributed by atoms with Gasteiger partial charge in [0.15, 0.2) is 0 Å². The minimum Gasteiger partial charge on any atom is -0.411 e. The Bertz CT molecular complexity index is 1230. The van der Waals surface area contributed by atoms with E-state index in [1.807, 2.05) is 26.0 Å². The van der Waals surface area contributed by atoms with Gasteiger partial charge in [-0.1, -0.05) is 11.2 Å². The fraction of sp³-hybridized carbons (Fsp3) is 0.375. The van der Waals surface area contributed by atoms with E-state index in [0.29, 0.717) is 37.0 Å². The SMILES string of the molecule is Cc1nc2c(C)cccn2c(=O)c1CCN1CCC(C(=NO)c2ccc(F)cc2F)CC1. The Hall–Kier alpha value is -3.13. The van der Waals surface area contributed by atoms with Gasteiger partial charge >= 0.3 is 0 Å². The maximum atomic E-state index is 14.2. The van der Waals surface area contributed by atoms with Crippen molar-refractivity contribution in [3.8, 4) is 0 Å². The molecule has 0 unspecified atom stereocenters. The molecular formula is C24H26F2N4O2. The van der Waals surface area contributed by atoms with Gasteiger partial charge in [-0.2, -0.15) is 0 Å². The van der Waals surface area contributed by atoms with Gasteiger partial charge in [-0.15, -0.1) is 0 Å². The standard InChI is InChI=1S/C24H26F2N4O2/c1-15-4-3-10-30-23(15)27-16(2)19(24(30)31)9-13-29-11-7-17(8-12-29)22(28-32)20-6-5-18(25)14-21(20)26/h3-6,10,14,17,32H,7-9,11-13H2,1-2H3. The fourth-order valence-corrected chi connectivity index (χ4v) is 4.48. The van der Waals surface area contributed by atoms with Gasteiger partial charge in [-0.3, -0.25) is 9.20 Å². The van der Waals surface area contributed by atoms with Crippen molar-refractivity contribution in [2.24, 2.45) is 11.1 Å². The first-order valence-corrected chi connectivity index (χ1v) is 10.8. The molecule has 0 aliphatic carbocycles. The molecule has 2 aromatic heterocycles.